The zero-order chi connectivity index (χ0) is 22.6. The van der Waals surface area contributed by atoms with Crippen LogP contribution in [-0.2, 0) is 5.41 Å². The predicted molar refractivity (Wildman–Crippen MR) is 138 cm³/mol. The average molecular weight is 472 g/mol. The second-order valence-electron chi connectivity index (χ2n) is 9.54. The molecule has 1 aromatic heterocycles. The molecule has 172 valence electrons. The summed E-state index contributed by atoms with van der Waals surface area (Å²) in [6.07, 6.45) is 8.52. The van der Waals surface area contributed by atoms with Crippen molar-refractivity contribution in [3.63, 3.8) is 0 Å². The number of halogens is 1. The molecule has 1 saturated carbocycles. The summed E-state index contributed by atoms with van der Waals surface area (Å²) in [5, 5.41) is 8.07. The Labute approximate surface area is 202 Å². The highest BCUT2D eigenvalue weighted by Crippen LogP contribution is 2.39. The van der Waals surface area contributed by atoms with Crippen LogP contribution in [0.2, 0.25) is 5.02 Å². The van der Waals surface area contributed by atoms with E-state index >= 15 is 0 Å². The third-order valence-electron chi connectivity index (χ3n) is 6.88. The molecule has 1 unspecified atom stereocenters. The van der Waals surface area contributed by atoms with Crippen molar-refractivity contribution < 1.29 is 0 Å². The molecular formula is C25H34ClN5S. The Bertz CT molecular complexity index is 944. The van der Waals surface area contributed by atoms with E-state index in [0.717, 1.165) is 49.0 Å². The van der Waals surface area contributed by atoms with Gasteiger partial charge in [0.1, 0.15) is 5.82 Å². The van der Waals surface area contributed by atoms with E-state index in [0.29, 0.717) is 17.0 Å². The van der Waals surface area contributed by atoms with Crippen LogP contribution in [0, 0.1) is 12.8 Å². The smallest absolute Gasteiger partial charge is 0.231 e. The van der Waals surface area contributed by atoms with Crippen molar-refractivity contribution in [2.45, 2.75) is 64.2 Å². The molecule has 1 aliphatic carbocycles. The zero-order valence-electron chi connectivity index (χ0n) is 19.2. The lowest BCUT2D eigenvalue weighted by molar-refractivity contribution is 0.292. The van der Waals surface area contributed by atoms with Crippen molar-refractivity contribution in [1.29, 1.82) is 0 Å². The predicted octanol–water partition coefficient (Wildman–Crippen LogP) is 5.86. The minimum absolute atomic E-state index is 0.0530. The molecule has 2 fully saturated rings. The maximum Gasteiger partial charge on any atom is 0.231 e. The first kappa shape index (κ1) is 23.2. The van der Waals surface area contributed by atoms with Gasteiger partial charge >= 0.3 is 0 Å². The molecule has 4 rings (SSSR count). The molecule has 5 nitrogen and oxygen atoms in total. The number of hydrogen-bond donors (Lipinski definition) is 2. The Balaban J connectivity index is 1.44. The van der Waals surface area contributed by atoms with Crippen LogP contribution in [0.3, 0.4) is 0 Å². The van der Waals surface area contributed by atoms with Gasteiger partial charge in [0.05, 0.1) is 0 Å². The van der Waals surface area contributed by atoms with Crippen LogP contribution in [0.1, 0.15) is 63.1 Å². The number of thiocarbonyl (C=S) groups is 1. The SMILES string of the molecule is Cc1cc(N2CCCC(C)C2)nc(NC(=S)NCC2(c3cccc(Cl)c3)CCCCC2)n1. The van der Waals surface area contributed by atoms with E-state index in [9.17, 15) is 0 Å². The third kappa shape index (κ3) is 5.70. The summed E-state index contributed by atoms with van der Waals surface area (Å²) >= 11 is 12.0. The van der Waals surface area contributed by atoms with Crippen molar-refractivity contribution in [2.75, 3.05) is 29.9 Å². The molecule has 7 heteroatoms. The molecule has 2 N–H and O–H groups in total. The molecule has 0 radical (unpaired) electrons. The summed E-state index contributed by atoms with van der Waals surface area (Å²) < 4.78 is 0. The lowest BCUT2D eigenvalue weighted by Gasteiger charge is -2.38. The van der Waals surface area contributed by atoms with Gasteiger partial charge in [0.15, 0.2) is 5.11 Å². The van der Waals surface area contributed by atoms with Gasteiger partial charge in [-0.3, -0.25) is 0 Å². The average Bonchev–Trinajstić information content (AvgIpc) is 2.78. The third-order valence-corrected chi connectivity index (χ3v) is 7.36. The van der Waals surface area contributed by atoms with E-state index in [1.54, 1.807) is 0 Å². The quantitative estimate of drug-likeness (QED) is 0.532. The second-order valence-corrected chi connectivity index (χ2v) is 10.4. The van der Waals surface area contributed by atoms with E-state index in [4.69, 9.17) is 28.8 Å². The highest BCUT2D eigenvalue weighted by molar-refractivity contribution is 7.80. The van der Waals surface area contributed by atoms with E-state index in [1.807, 2.05) is 19.1 Å². The van der Waals surface area contributed by atoms with Crippen molar-refractivity contribution >= 4 is 40.7 Å². The van der Waals surface area contributed by atoms with Crippen LogP contribution in [0.4, 0.5) is 11.8 Å². The minimum atomic E-state index is 0.0530. The van der Waals surface area contributed by atoms with Crippen molar-refractivity contribution in [1.82, 2.24) is 15.3 Å². The molecule has 32 heavy (non-hydrogen) atoms. The maximum atomic E-state index is 6.32. The van der Waals surface area contributed by atoms with Gasteiger partial charge in [0, 0.05) is 41.8 Å². The molecule has 2 aromatic rings. The second kappa shape index (κ2) is 10.3. The Morgan fingerprint density at radius 2 is 2.00 bits per heavy atom. The number of aromatic nitrogens is 2. The van der Waals surface area contributed by atoms with Crippen LogP contribution in [0.25, 0.3) is 0 Å². The summed E-state index contributed by atoms with van der Waals surface area (Å²) in [7, 11) is 0. The molecule has 2 heterocycles. The van der Waals surface area contributed by atoms with Gasteiger partial charge in [-0.25, -0.2) is 4.98 Å². The molecule has 1 aliphatic heterocycles. The molecule has 2 aliphatic rings. The van der Waals surface area contributed by atoms with Gasteiger partial charge in [-0.05, 0) is 68.4 Å². The summed E-state index contributed by atoms with van der Waals surface area (Å²) in [4.78, 5) is 11.7. The standard InChI is InChI=1S/C25H34ClN5S/c1-18-8-7-13-31(16-18)22-14-19(2)28-23(29-22)30-24(32)27-17-25(11-4-3-5-12-25)20-9-6-10-21(26)15-20/h6,9-10,14-15,18H,3-5,7-8,11-13,16-17H2,1-2H3,(H2,27,28,29,30,32). The van der Waals surface area contributed by atoms with E-state index in [2.05, 4.69) is 45.6 Å². The fourth-order valence-corrected chi connectivity index (χ4v) is 5.53. The summed E-state index contributed by atoms with van der Waals surface area (Å²) in [6.45, 7) is 7.18. The van der Waals surface area contributed by atoms with Gasteiger partial charge in [-0.1, -0.05) is 49.9 Å². The van der Waals surface area contributed by atoms with Gasteiger partial charge in [0.25, 0.3) is 0 Å². The number of nitrogens with one attached hydrogen (secondary N) is 2. The topological polar surface area (TPSA) is 53.1 Å². The fraction of sp³-hybridized carbons (Fsp3) is 0.560. The lowest BCUT2D eigenvalue weighted by Crippen LogP contribution is -2.43. The Hall–Kier alpha value is -1.92. The van der Waals surface area contributed by atoms with Crippen LogP contribution in [-0.4, -0.2) is 34.7 Å². The number of anilines is 2. The Morgan fingerprint density at radius 3 is 2.75 bits per heavy atom. The number of aryl methyl sites for hydroxylation is 1. The summed E-state index contributed by atoms with van der Waals surface area (Å²) in [6, 6.07) is 10.4. The molecule has 1 saturated heterocycles. The monoisotopic (exact) mass is 471 g/mol. The molecule has 0 spiro atoms. The number of nitrogens with zero attached hydrogens (tertiary/aromatic N) is 3. The number of hydrogen-bond acceptors (Lipinski definition) is 4. The Kier molecular flexibility index (Phi) is 7.51. The van der Waals surface area contributed by atoms with E-state index in [1.165, 1.54) is 37.7 Å². The zero-order valence-corrected chi connectivity index (χ0v) is 20.7. The number of rotatable bonds is 5. The van der Waals surface area contributed by atoms with Crippen LogP contribution < -0.4 is 15.5 Å². The highest BCUT2D eigenvalue weighted by Gasteiger charge is 2.34. The highest BCUT2D eigenvalue weighted by atomic mass is 35.5. The maximum absolute atomic E-state index is 6.32. The van der Waals surface area contributed by atoms with Gasteiger partial charge in [0.2, 0.25) is 5.95 Å². The lowest BCUT2D eigenvalue weighted by atomic mass is 9.69. The number of piperidine rings is 1. The minimum Gasteiger partial charge on any atom is -0.361 e. The Morgan fingerprint density at radius 1 is 1.19 bits per heavy atom. The van der Waals surface area contributed by atoms with Crippen LogP contribution in [0.5, 0.6) is 0 Å². The van der Waals surface area contributed by atoms with Gasteiger partial charge in [-0.15, -0.1) is 0 Å². The van der Waals surface area contributed by atoms with Gasteiger partial charge in [-0.2, -0.15) is 4.98 Å². The summed E-state index contributed by atoms with van der Waals surface area (Å²) in [5.41, 5.74) is 2.30. The molecule has 0 bridgehead atoms. The van der Waals surface area contributed by atoms with Gasteiger partial charge < -0.3 is 15.5 Å². The van der Waals surface area contributed by atoms with Crippen molar-refractivity contribution in [3.8, 4) is 0 Å². The number of benzene rings is 1. The van der Waals surface area contributed by atoms with E-state index in [-0.39, 0.29) is 5.41 Å². The van der Waals surface area contributed by atoms with Crippen LogP contribution in [0.15, 0.2) is 30.3 Å². The first-order chi connectivity index (χ1) is 15.4. The molecule has 0 amide bonds. The molecule has 1 aromatic carbocycles. The van der Waals surface area contributed by atoms with Crippen LogP contribution >= 0.6 is 23.8 Å². The molecule has 1 atom stereocenters. The van der Waals surface area contributed by atoms with Crippen molar-refractivity contribution in [3.05, 3.63) is 46.6 Å². The molecular weight excluding hydrogens is 438 g/mol. The summed E-state index contributed by atoms with van der Waals surface area (Å²) in [5.74, 6) is 2.24. The van der Waals surface area contributed by atoms with Crippen molar-refractivity contribution in [2.24, 2.45) is 5.92 Å². The van der Waals surface area contributed by atoms with E-state index < -0.39 is 0 Å². The fourth-order valence-electron chi connectivity index (χ4n) is 5.18. The normalized spacial score (nSPS) is 20.6. The first-order valence-electron chi connectivity index (χ1n) is 11.9. The largest absolute Gasteiger partial charge is 0.361 e. The first-order valence-corrected chi connectivity index (χ1v) is 12.6.